The van der Waals surface area contributed by atoms with Crippen molar-refractivity contribution in [3.8, 4) is 11.1 Å². The van der Waals surface area contributed by atoms with Crippen LogP contribution in [0.2, 0.25) is 0 Å². The maximum absolute atomic E-state index is 12.8. The third kappa shape index (κ3) is 3.75. The first kappa shape index (κ1) is 22.1. The second kappa shape index (κ2) is 8.45. The molecule has 1 saturated carbocycles. The number of aromatic amines is 1. The van der Waals surface area contributed by atoms with Crippen molar-refractivity contribution in [2.24, 2.45) is 5.92 Å². The minimum absolute atomic E-state index is 0.0309. The Kier molecular flexibility index (Phi) is 5.03. The van der Waals surface area contributed by atoms with Gasteiger partial charge in [-0.05, 0) is 31.4 Å². The number of hydrogen-bond donors (Lipinski definition) is 3. The number of benzene rings is 1. The lowest BCUT2D eigenvalue weighted by Gasteiger charge is -2.31. The quantitative estimate of drug-likeness (QED) is 0.384. The van der Waals surface area contributed by atoms with E-state index in [1.807, 2.05) is 18.3 Å². The van der Waals surface area contributed by atoms with Crippen molar-refractivity contribution < 1.29 is 9.53 Å². The summed E-state index contributed by atoms with van der Waals surface area (Å²) in [6.07, 6.45) is 6.29. The van der Waals surface area contributed by atoms with E-state index in [1.54, 1.807) is 18.3 Å². The molecule has 1 amide bonds. The molecular formula is C27H27N7O3. The molecule has 1 atom stereocenters. The number of fused-ring (bicyclic) bond motifs is 4. The summed E-state index contributed by atoms with van der Waals surface area (Å²) in [7, 11) is 2.06. The Morgan fingerprint density at radius 3 is 2.86 bits per heavy atom. The van der Waals surface area contributed by atoms with Gasteiger partial charge in [0.25, 0.3) is 5.56 Å². The van der Waals surface area contributed by atoms with Crippen LogP contribution in [0.15, 0.2) is 47.5 Å². The predicted molar refractivity (Wildman–Crippen MR) is 141 cm³/mol. The SMILES string of the molecule is CN1Cc2c(cnn2[C@@H]2CCOC2)-c2cccc(Nc3cc(NC(=O)C4CC4)nc4cc[nH]c(=O)c34)c21. The second-order valence-corrected chi connectivity index (χ2v) is 10.0. The number of rotatable bonds is 5. The summed E-state index contributed by atoms with van der Waals surface area (Å²) in [5.41, 5.74) is 6.11. The van der Waals surface area contributed by atoms with Gasteiger partial charge >= 0.3 is 0 Å². The smallest absolute Gasteiger partial charge is 0.259 e. The van der Waals surface area contributed by atoms with Crippen LogP contribution < -0.4 is 21.1 Å². The molecule has 2 fully saturated rings. The Hall–Kier alpha value is -4.18. The van der Waals surface area contributed by atoms with Crippen LogP contribution in [0, 0.1) is 5.92 Å². The Morgan fingerprint density at radius 2 is 2.05 bits per heavy atom. The predicted octanol–water partition coefficient (Wildman–Crippen LogP) is 3.79. The minimum atomic E-state index is -0.243. The fourth-order valence-electron chi connectivity index (χ4n) is 5.45. The molecule has 37 heavy (non-hydrogen) atoms. The standard InChI is InChI=1S/C27H27N7O3/c1-33-13-22-18(12-29-34(22)16-8-10-37-14-16)17-3-2-4-20(25(17)33)30-21-11-23(32-26(35)15-5-6-15)31-19-7-9-28-27(36)24(19)21/h2-4,7,9,11-12,15-16H,5-6,8,10,13-14H2,1H3,(H,28,36)(H2,30,31,32,35)/t16-/m1/s1. The van der Waals surface area contributed by atoms with Crippen molar-refractivity contribution in [3.05, 3.63) is 58.8 Å². The van der Waals surface area contributed by atoms with E-state index < -0.39 is 0 Å². The molecule has 0 bridgehead atoms. The van der Waals surface area contributed by atoms with Crippen LogP contribution in [0.3, 0.4) is 0 Å². The average Bonchev–Trinajstić information content (AvgIpc) is 3.43. The summed E-state index contributed by atoms with van der Waals surface area (Å²) in [6, 6.07) is 9.85. The lowest BCUT2D eigenvalue weighted by atomic mass is 9.97. The van der Waals surface area contributed by atoms with Gasteiger partial charge < -0.3 is 25.3 Å². The van der Waals surface area contributed by atoms with Gasteiger partial charge in [0.15, 0.2) is 0 Å². The summed E-state index contributed by atoms with van der Waals surface area (Å²) in [6.45, 7) is 2.16. The van der Waals surface area contributed by atoms with Crippen molar-refractivity contribution in [1.29, 1.82) is 0 Å². The molecule has 10 nitrogen and oxygen atoms in total. The fourth-order valence-corrected chi connectivity index (χ4v) is 5.45. The van der Waals surface area contributed by atoms with Crippen LogP contribution in [0.1, 0.15) is 31.0 Å². The van der Waals surface area contributed by atoms with Gasteiger partial charge in [-0.3, -0.25) is 14.3 Å². The number of hydrogen-bond acceptors (Lipinski definition) is 7. The Bertz CT molecular complexity index is 1600. The van der Waals surface area contributed by atoms with Crippen molar-refractivity contribution in [2.45, 2.75) is 31.8 Å². The third-order valence-corrected chi connectivity index (χ3v) is 7.44. The summed E-state index contributed by atoms with van der Waals surface area (Å²) in [4.78, 5) is 34.8. The van der Waals surface area contributed by atoms with E-state index >= 15 is 0 Å². The largest absolute Gasteiger partial charge is 0.379 e. The van der Waals surface area contributed by atoms with E-state index in [4.69, 9.17) is 9.84 Å². The normalized spacial score (nSPS) is 18.5. The molecule has 188 valence electrons. The molecule has 4 aromatic rings. The Balaban J connectivity index is 1.31. The second-order valence-electron chi connectivity index (χ2n) is 10.0. The monoisotopic (exact) mass is 497 g/mol. The first-order valence-corrected chi connectivity index (χ1v) is 12.7. The van der Waals surface area contributed by atoms with E-state index in [9.17, 15) is 9.59 Å². The number of carbonyl (C=O) groups excluding carboxylic acids is 1. The molecule has 3 aromatic heterocycles. The van der Waals surface area contributed by atoms with Gasteiger partial charge in [0.05, 0.1) is 59.0 Å². The number of H-pyrrole nitrogens is 1. The highest BCUT2D eigenvalue weighted by Crippen LogP contribution is 2.45. The number of aromatic nitrogens is 4. The topological polar surface area (TPSA) is 117 Å². The van der Waals surface area contributed by atoms with E-state index in [2.05, 4.69) is 43.3 Å². The van der Waals surface area contributed by atoms with Gasteiger partial charge in [0, 0.05) is 43.0 Å². The molecule has 10 heteroatoms. The van der Waals surface area contributed by atoms with E-state index in [0.717, 1.165) is 48.4 Å². The zero-order valence-electron chi connectivity index (χ0n) is 20.5. The van der Waals surface area contributed by atoms with Crippen LogP contribution in [0.5, 0.6) is 0 Å². The number of amides is 1. The molecule has 0 unspecified atom stereocenters. The van der Waals surface area contributed by atoms with Crippen LogP contribution >= 0.6 is 0 Å². The lowest BCUT2D eigenvalue weighted by molar-refractivity contribution is -0.117. The van der Waals surface area contributed by atoms with Crippen molar-refractivity contribution in [1.82, 2.24) is 19.7 Å². The van der Waals surface area contributed by atoms with Gasteiger partial charge in [0.1, 0.15) is 5.82 Å². The first-order valence-electron chi connectivity index (χ1n) is 12.7. The number of nitrogens with zero attached hydrogens (tertiary/aromatic N) is 4. The number of anilines is 4. The zero-order chi connectivity index (χ0) is 25.1. The van der Waals surface area contributed by atoms with Gasteiger partial charge in [-0.25, -0.2) is 4.98 Å². The highest BCUT2D eigenvalue weighted by atomic mass is 16.5. The molecule has 2 aliphatic heterocycles. The molecule has 3 aliphatic rings. The first-order chi connectivity index (χ1) is 18.1. The van der Waals surface area contributed by atoms with E-state index in [-0.39, 0.29) is 23.4 Å². The zero-order valence-corrected chi connectivity index (χ0v) is 20.5. The molecular weight excluding hydrogens is 470 g/mol. The minimum Gasteiger partial charge on any atom is -0.379 e. The van der Waals surface area contributed by atoms with Gasteiger partial charge in [-0.1, -0.05) is 12.1 Å². The number of ether oxygens (including phenoxy) is 1. The third-order valence-electron chi connectivity index (χ3n) is 7.44. The fraction of sp³-hybridized carbons (Fsp3) is 0.333. The van der Waals surface area contributed by atoms with Crippen LogP contribution in [0.4, 0.5) is 22.9 Å². The molecule has 3 N–H and O–H groups in total. The highest BCUT2D eigenvalue weighted by molar-refractivity contribution is 6.00. The van der Waals surface area contributed by atoms with Gasteiger partial charge in [0.2, 0.25) is 5.91 Å². The van der Waals surface area contributed by atoms with Crippen molar-refractivity contribution in [2.75, 3.05) is 35.8 Å². The number of para-hydroxylation sites is 1. The Morgan fingerprint density at radius 1 is 1.16 bits per heavy atom. The maximum atomic E-state index is 12.8. The summed E-state index contributed by atoms with van der Waals surface area (Å²) >= 11 is 0. The Labute approximate surface area is 212 Å². The van der Waals surface area contributed by atoms with Gasteiger partial charge in [-0.15, -0.1) is 0 Å². The van der Waals surface area contributed by atoms with Gasteiger partial charge in [-0.2, -0.15) is 5.10 Å². The summed E-state index contributed by atoms with van der Waals surface area (Å²) < 4.78 is 7.72. The number of nitrogens with one attached hydrogen (secondary N) is 3. The lowest BCUT2D eigenvalue weighted by Crippen LogP contribution is -2.26. The molecule has 0 radical (unpaired) electrons. The summed E-state index contributed by atoms with van der Waals surface area (Å²) in [5.74, 6) is 0.448. The van der Waals surface area contributed by atoms with Crippen molar-refractivity contribution >= 4 is 39.7 Å². The molecule has 5 heterocycles. The van der Waals surface area contributed by atoms with Crippen LogP contribution in [-0.2, 0) is 16.1 Å². The summed E-state index contributed by atoms with van der Waals surface area (Å²) in [5, 5.41) is 11.6. The van der Waals surface area contributed by atoms with Crippen LogP contribution in [-0.4, -0.2) is 45.9 Å². The average molecular weight is 498 g/mol. The molecule has 1 aromatic carbocycles. The highest BCUT2D eigenvalue weighted by Gasteiger charge is 2.31. The van der Waals surface area contributed by atoms with E-state index in [1.165, 1.54) is 5.69 Å². The number of carbonyl (C=O) groups is 1. The van der Waals surface area contributed by atoms with Crippen LogP contribution in [0.25, 0.3) is 22.0 Å². The molecule has 1 aliphatic carbocycles. The molecule has 1 saturated heterocycles. The molecule has 7 rings (SSSR count). The molecule has 0 spiro atoms. The van der Waals surface area contributed by atoms with E-state index in [0.29, 0.717) is 35.6 Å². The number of pyridine rings is 2. The maximum Gasteiger partial charge on any atom is 0.259 e. The van der Waals surface area contributed by atoms with Crippen molar-refractivity contribution in [3.63, 3.8) is 0 Å².